The first kappa shape index (κ1) is 27.1. The number of hydrogen-bond donors (Lipinski definition) is 0. The van der Waals surface area contributed by atoms with Crippen molar-refractivity contribution in [3.05, 3.63) is 124 Å². The molecule has 0 nitrogen and oxygen atoms in total. The summed E-state index contributed by atoms with van der Waals surface area (Å²) in [7, 11) is 0. The number of aryl methyl sites for hydroxylation is 2. The Morgan fingerprint density at radius 3 is 1.55 bits per heavy atom. The van der Waals surface area contributed by atoms with Crippen molar-refractivity contribution in [1.29, 1.82) is 0 Å². The molecule has 0 heterocycles. The fraction of sp³-hybridized carbons (Fsp3) is 0.133. The van der Waals surface area contributed by atoms with Crippen molar-refractivity contribution in [2.45, 2.75) is 25.9 Å². The molecule has 0 bridgehead atoms. The van der Waals surface area contributed by atoms with Gasteiger partial charge in [0.05, 0.1) is 0 Å². The second-order valence-corrected chi connectivity index (χ2v) is 8.74. The topological polar surface area (TPSA) is 0 Å². The molecule has 0 saturated heterocycles. The van der Waals surface area contributed by atoms with Gasteiger partial charge in [0.2, 0.25) is 0 Å². The molecule has 0 fully saturated rings. The molecule has 8 heteroatoms. The van der Waals surface area contributed by atoms with Gasteiger partial charge >= 0.3 is 6.18 Å². The zero-order valence-electron chi connectivity index (χ0n) is 19.9. The highest BCUT2D eigenvalue weighted by Gasteiger charge is 2.37. The fourth-order valence-electron chi connectivity index (χ4n) is 4.11. The van der Waals surface area contributed by atoms with Crippen LogP contribution in [0.2, 0.25) is 0 Å². The van der Waals surface area contributed by atoms with Crippen LogP contribution in [-0.4, -0.2) is 0 Å². The Hall–Kier alpha value is -3.94. The monoisotopic (exact) mass is 532 g/mol. The molecule has 0 aliphatic carbocycles. The lowest BCUT2D eigenvalue weighted by Crippen LogP contribution is -2.12. The fourth-order valence-corrected chi connectivity index (χ4v) is 4.11. The molecule has 0 aliphatic heterocycles. The highest BCUT2D eigenvalue weighted by molar-refractivity contribution is 5.72. The van der Waals surface area contributed by atoms with Crippen LogP contribution in [0.25, 0.3) is 28.1 Å². The Kier molecular flexibility index (Phi) is 7.71. The van der Waals surface area contributed by atoms with Gasteiger partial charge in [-0.2, -0.15) is 13.2 Å². The van der Waals surface area contributed by atoms with Crippen LogP contribution in [0.4, 0.5) is 35.1 Å². The lowest BCUT2D eigenvalue weighted by Gasteiger charge is -2.12. The van der Waals surface area contributed by atoms with Crippen molar-refractivity contribution < 1.29 is 35.1 Å². The number of hydrogen-bond acceptors (Lipinski definition) is 0. The van der Waals surface area contributed by atoms with Gasteiger partial charge in [0.15, 0.2) is 5.83 Å². The van der Waals surface area contributed by atoms with E-state index >= 15 is 0 Å². The van der Waals surface area contributed by atoms with Crippen LogP contribution in [0.3, 0.4) is 0 Å². The normalized spacial score (nSPS) is 12.4. The van der Waals surface area contributed by atoms with Crippen LogP contribution in [-0.2, 0) is 19.0 Å². The van der Waals surface area contributed by atoms with Crippen molar-refractivity contribution >= 4 is 5.83 Å². The molecule has 0 radical (unpaired) electrons. The Balaban J connectivity index is 1.46. The summed E-state index contributed by atoms with van der Waals surface area (Å²) in [5.74, 6) is -5.80. The number of benzene rings is 4. The summed E-state index contributed by atoms with van der Waals surface area (Å²) in [4.78, 5) is 0. The van der Waals surface area contributed by atoms with E-state index in [9.17, 15) is 35.1 Å². The maximum Gasteiger partial charge on any atom is 0.422 e. The van der Waals surface area contributed by atoms with E-state index in [1.165, 1.54) is 24.3 Å². The highest BCUT2D eigenvalue weighted by atomic mass is 19.4. The Morgan fingerprint density at radius 2 is 1.08 bits per heavy atom. The van der Waals surface area contributed by atoms with E-state index in [4.69, 9.17) is 0 Å². The third-order valence-electron chi connectivity index (χ3n) is 6.11. The molecule has 0 saturated carbocycles. The Morgan fingerprint density at radius 1 is 0.605 bits per heavy atom. The van der Waals surface area contributed by atoms with Crippen LogP contribution >= 0.6 is 0 Å². The van der Waals surface area contributed by atoms with Crippen molar-refractivity contribution in [2.24, 2.45) is 0 Å². The van der Waals surface area contributed by atoms with Crippen molar-refractivity contribution in [1.82, 2.24) is 0 Å². The zero-order valence-corrected chi connectivity index (χ0v) is 19.9. The Bertz CT molecular complexity index is 1450. The Labute approximate surface area is 213 Å². The quantitative estimate of drug-likeness (QED) is 0.217. The summed E-state index contributed by atoms with van der Waals surface area (Å²) in [5.41, 5.74) is 1.30. The van der Waals surface area contributed by atoms with Crippen LogP contribution in [0.5, 0.6) is 0 Å². The van der Waals surface area contributed by atoms with E-state index < -0.39 is 40.8 Å². The lowest BCUT2D eigenvalue weighted by atomic mass is 9.97. The third kappa shape index (κ3) is 5.96. The minimum Gasteiger partial charge on any atom is -0.209 e. The minimum atomic E-state index is -5.15. The summed E-state index contributed by atoms with van der Waals surface area (Å²) in [6, 6.07) is 19.2. The zero-order chi connectivity index (χ0) is 27.6. The maximum atomic E-state index is 14.8. The molecule has 0 unspecified atom stereocenters. The lowest BCUT2D eigenvalue weighted by molar-refractivity contribution is -0.142. The second-order valence-electron chi connectivity index (χ2n) is 8.74. The minimum absolute atomic E-state index is 0.0151. The van der Waals surface area contributed by atoms with Gasteiger partial charge in [-0.25, -0.2) is 22.0 Å². The summed E-state index contributed by atoms with van der Waals surface area (Å²) in [6.07, 6.45) is -5.17. The smallest absolute Gasteiger partial charge is 0.209 e. The summed E-state index contributed by atoms with van der Waals surface area (Å²) in [5, 5.41) is 0. The molecule has 4 rings (SSSR count). The van der Waals surface area contributed by atoms with Crippen LogP contribution in [0, 0.1) is 17.5 Å². The standard InChI is InChI=1S/C30H20F8/c1-17(31)29(35)23-11-8-20(9-12-23)19-4-6-21(7-5-19)24-13-10-22(25(32)16-24)3-2-18-14-26(33)28(27(34)15-18)30(36,37)38/h4-16H,2-3H2,1H3/b29-17+. The predicted molar refractivity (Wildman–Crippen MR) is 131 cm³/mol. The SMILES string of the molecule is C/C(F)=C(\F)c1ccc(-c2ccc(-c3ccc(CCc4cc(F)c(C(F)(F)F)c(F)c4)c(F)c3)cc2)cc1. The van der Waals surface area contributed by atoms with E-state index in [1.54, 1.807) is 42.5 Å². The molecular formula is C30H20F8. The van der Waals surface area contributed by atoms with E-state index in [2.05, 4.69) is 0 Å². The van der Waals surface area contributed by atoms with Gasteiger partial charge in [-0.05, 0) is 71.3 Å². The van der Waals surface area contributed by atoms with Crippen molar-refractivity contribution in [3.63, 3.8) is 0 Å². The van der Waals surface area contributed by atoms with Gasteiger partial charge < -0.3 is 0 Å². The molecule has 0 aliphatic rings. The van der Waals surface area contributed by atoms with Gasteiger partial charge in [-0.3, -0.25) is 0 Å². The molecule has 0 atom stereocenters. The highest BCUT2D eigenvalue weighted by Crippen LogP contribution is 2.34. The first-order chi connectivity index (χ1) is 17.9. The molecule has 0 N–H and O–H groups in total. The van der Waals surface area contributed by atoms with Gasteiger partial charge in [0, 0.05) is 5.56 Å². The first-order valence-corrected chi connectivity index (χ1v) is 11.5. The summed E-state index contributed by atoms with van der Waals surface area (Å²) >= 11 is 0. The predicted octanol–water partition coefficient (Wildman–Crippen LogP) is 9.87. The molecule has 0 aromatic heterocycles. The maximum absolute atomic E-state index is 14.8. The van der Waals surface area contributed by atoms with Gasteiger partial charge in [-0.15, -0.1) is 0 Å². The molecular weight excluding hydrogens is 512 g/mol. The summed E-state index contributed by atoms with van der Waals surface area (Å²) < 4.78 is 107. The van der Waals surface area contributed by atoms with E-state index in [0.29, 0.717) is 23.3 Å². The molecule has 38 heavy (non-hydrogen) atoms. The number of alkyl halides is 3. The van der Waals surface area contributed by atoms with Gasteiger partial charge in [0.1, 0.15) is 28.8 Å². The largest absolute Gasteiger partial charge is 0.422 e. The van der Waals surface area contributed by atoms with Crippen molar-refractivity contribution in [3.8, 4) is 22.3 Å². The second kappa shape index (κ2) is 10.8. The molecule has 0 spiro atoms. The average molecular weight is 532 g/mol. The third-order valence-corrected chi connectivity index (χ3v) is 6.11. The van der Waals surface area contributed by atoms with E-state index in [0.717, 1.165) is 18.1 Å². The number of rotatable bonds is 6. The van der Waals surface area contributed by atoms with Gasteiger partial charge in [-0.1, -0.05) is 60.7 Å². The van der Waals surface area contributed by atoms with Crippen LogP contribution in [0.15, 0.2) is 84.7 Å². The first-order valence-electron chi connectivity index (χ1n) is 11.5. The summed E-state index contributed by atoms with van der Waals surface area (Å²) in [6.45, 7) is 1.04. The molecule has 0 amide bonds. The molecule has 4 aromatic rings. The van der Waals surface area contributed by atoms with E-state index in [-0.39, 0.29) is 29.5 Å². The van der Waals surface area contributed by atoms with Crippen LogP contribution in [0.1, 0.15) is 29.2 Å². The number of allylic oxidation sites excluding steroid dienone is 1. The molecule has 4 aromatic carbocycles. The van der Waals surface area contributed by atoms with Gasteiger partial charge in [0.25, 0.3) is 0 Å². The van der Waals surface area contributed by atoms with Crippen molar-refractivity contribution in [2.75, 3.05) is 0 Å². The van der Waals surface area contributed by atoms with E-state index in [1.807, 2.05) is 0 Å². The van der Waals surface area contributed by atoms with Crippen LogP contribution < -0.4 is 0 Å². The number of halogens is 8. The molecule has 196 valence electrons. The average Bonchev–Trinajstić information content (AvgIpc) is 2.86.